The first kappa shape index (κ1) is 23.3. The summed E-state index contributed by atoms with van der Waals surface area (Å²) >= 11 is 0. The van der Waals surface area contributed by atoms with E-state index in [0.717, 1.165) is 0 Å². The zero-order valence-electron chi connectivity index (χ0n) is 11.7. The molecule has 78 valence electrons. The van der Waals surface area contributed by atoms with Gasteiger partial charge >= 0.3 is 68.4 Å². The van der Waals surface area contributed by atoms with Crippen molar-refractivity contribution in [2.45, 2.75) is 0 Å². The molecule has 0 saturated carbocycles. The van der Waals surface area contributed by atoms with E-state index in [1.807, 2.05) is 12.1 Å². The average molecular weight is 503 g/mol. The van der Waals surface area contributed by atoms with Gasteiger partial charge in [-0.2, -0.15) is 0 Å². The summed E-state index contributed by atoms with van der Waals surface area (Å²) in [4.78, 5) is 0. The second-order valence-electron chi connectivity index (χ2n) is 2.63. The van der Waals surface area contributed by atoms with E-state index in [-0.39, 0.29) is 110 Å². The molecule has 0 bridgehead atoms. The molecule has 0 atom stereocenters. The molecule has 0 aromatic heterocycles. The van der Waals surface area contributed by atoms with Crippen molar-refractivity contribution in [2.24, 2.45) is 0 Å². The van der Waals surface area contributed by atoms with Gasteiger partial charge in [-0.05, 0) is 0 Å². The molecule has 0 amide bonds. The molecule has 0 aliphatic rings. The number of benzene rings is 2. The Balaban J connectivity index is -0.0000000544. The molecule has 17 heavy (non-hydrogen) atoms. The summed E-state index contributed by atoms with van der Waals surface area (Å²) in [5.74, 6) is 0.144. The van der Waals surface area contributed by atoms with Crippen LogP contribution in [0.15, 0.2) is 60.7 Å². The summed E-state index contributed by atoms with van der Waals surface area (Å²) in [6.07, 6.45) is 0. The largest absolute Gasteiger partial charge is 2.00 e. The maximum absolute atomic E-state index is 10.3. The summed E-state index contributed by atoms with van der Waals surface area (Å²) in [5, 5.41) is 20.5. The van der Waals surface area contributed by atoms with Gasteiger partial charge in [0, 0.05) is 27.3 Å². The van der Waals surface area contributed by atoms with Crippen LogP contribution in [-0.4, -0.2) is 48.9 Å². The Labute approximate surface area is 178 Å². The van der Waals surface area contributed by atoms with Crippen LogP contribution in [0.4, 0.5) is 0 Å². The minimum Gasteiger partial charge on any atom is -1.00 e. The minimum atomic E-state index is 0. The number of hydrogen-bond acceptors (Lipinski definition) is 2. The molecule has 0 spiro atoms. The van der Waals surface area contributed by atoms with Crippen molar-refractivity contribution >= 4 is 48.9 Å². The van der Waals surface area contributed by atoms with Gasteiger partial charge in [-0.25, -0.2) is 0 Å². The monoisotopic (exact) mass is 504 g/mol. The van der Waals surface area contributed by atoms with Crippen molar-refractivity contribution in [2.75, 3.05) is 0 Å². The molecule has 0 saturated heterocycles. The summed E-state index contributed by atoms with van der Waals surface area (Å²) in [6.45, 7) is 0. The van der Waals surface area contributed by atoms with Crippen molar-refractivity contribution in [3.05, 3.63) is 60.7 Å². The number of para-hydroxylation sites is 2. The Morgan fingerprint density at radius 3 is 1.00 bits per heavy atom. The molecule has 0 radical (unpaired) electrons. The zero-order chi connectivity index (χ0) is 10.2. The van der Waals surface area contributed by atoms with Crippen molar-refractivity contribution < 1.29 is 59.8 Å². The van der Waals surface area contributed by atoms with Crippen LogP contribution in [0, 0.1) is 0 Å². The van der Waals surface area contributed by atoms with Crippen LogP contribution in [-0.2, 0) is 46.8 Å². The standard InChI is InChI=1S/2C6H6O.Ba.Cd.Zn.2H/c2*7-6-4-2-1-3-5-6;;;;;/h2*1-5,7H;;;;;/q;;+2;;+2;2*-1/p-2. The minimum absolute atomic E-state index is 0. The molecule has 2 aromatic rings. The Bertz CT molecular complexity index is 331. The number of hydrogen-bond donors (Lipinski definition) is 0. The van der Waals surface area contributed by atoms with Crippen LogP contribution in [0.1, 0.15) is 2.85 Å². The van der Waals surface area contributed by atoms with E-state index in [4.69, 9.17) is 0 Å². The van der Waals surface area contributed by atoms with Crippen LogP contribution >= 0.6 is 0 Å². The first-order valence-corrected chi connectivity index (χ1v) is 4.23. The SMILES string of the molecule is [Ba+2].[Cd].[H-].[H-].[O-]c1ccccc1.[O-]c1ccccc1.[Zn+2]. The second-order valence-corrected chi connectivity index (χ2v) is 2.63. The maximum Gasteiger partial charge on any atom is 2.00 e. The molecule has 0 aliphatic carbocycles. The van der Waals surface area contributed by atoms with E-state index >= 15 is 0 Å². The zero-order valence-corrected chi connectivity index (χ0v) is 21.2. The quantitative estimate of drug-likeness (QED) is 0.510. The third-order valence-electron chi connectivity index (χ3n) is 1.49. The van der Waals surface area contributed by atoms with Crippen LogP contribution in [0.3, 0.4) is 0 Å². The van der Waals surface area contributed by atoms with Crippen molar-refractivity contribution in [1.82, 2.24) is 0 Å². The summed E-state index contributed by atoms with van der Waals surface area (Å²) in [5.41, 5.74) is 0. The van der Waals surface area contributed by atoms with Crippen molar-refractivity contribution in [1.29, 1.82) is 0 Å². The van der Waals surface area contributed by atoms with E-state index in [0.29, 0.717) is 0 Å². The first-order valence-electron chi connectivity index (χ1n) is 4.23. The Kier molecular flexibility index (Phi) is 20.8. The molecule has 0 unspecified atom stereocenters. The molecule has 0 aliphatic heterocycles. The second kappa shape index (κ2) is 15.2. The fourth-order valence-corrected chi connectivity index (χ4v) is 0.841. The Morgan fingerprint density at radius 1 is 0.647 bits per heavy atom. The van der Waals surface area contributed by atoms with E-state index < -0.39 is 0 Å². The van der Waals surface area contributed by atoms with E-state index in [1.165, 1.54) is 24.3 Å². The van der Waals surface area contributed by atoms with Gasteiger partial charge in [0.1, 0.15) is 0 Å². The molecule has 0 N–H and O–H groups in total. The Hall–Kier alpha value is 1.16. The third-order valence-corrected chi connectivity index (χ3v) is 1.49. The molecular weight excluding hydrogens is 491 g/mol. The van der Waals surface area contributed by atoms with Gasteiger partial charge in [-0.3, -0.25) is 0 Å². The maximum atomic E-state index is 10.3. The van der Waals surface area contributed by atoms with Gasteiger partial charge in [-0.1, -0.05) is 60.7 Å². The predicted molar refractivity (Wildman–Crippen MR) is 59.8 cm³/mol. The molecule has 0 heterocycles. The smallest absolute Gasteiger partial charge is 1.00 e. The van der Waals surface area contributed by atoms with E-state index in [9.17, 15) is 10.2 Å². The molecule has 2 rings (SSSR count). The topological polar surface area (TPSA) is 46.1 Å². The van der Waals surface area contributed by atoms with E-state index in [1.54, 1.807) is 24.3 Å². The molecule has 2 nitrogen and oxygen atoms in total. The molecule has 0 fully saturated rings. The number of rotatable bonds is 0. The normalized spacial score (nSPS) is 7.06. The van der Waals surface area contributed by atoms with Gasteiger partial charge in [0.2, 0.25) is 0 Å². The van der Waals surface area contributed by atoms with Crippen molar-refractivity contribution in [3.63, 3.8) is 0 Å². The van der Waals surface area contributed by atoms with Crippen molar-refractivity contribution in [3.8, 4) is 11.5 Å². The third kappa shape index (κ3) is 13.4. The first-order chi connectivity index (χ1) is 6.79. The van der Waals surface area contributed by atoms with E-state index in [2.05, 4.69) is 0 Å². The molecule has 2 aromatic carbocycles. The summed E-state index contributed by atoms with van der Waals surface area (Å²) < 4.78 is 0. The van der Waals surface area contributed by atoms with Crippen LogP contribution in [0.2, 0.25) is 0 Å². The van der Waals surface area contributed by atoms with Gasteiger partial charge in [0.25, 0.3) is 0 Å². The van der Waals surface area contributed by atoms with Crippen LogP contribution < -0.4 is 10.2 Å². The predicted octanol–water partition coefficient (Wildman–Crippen LogP) is 1.36. The summed E-state index contributed by atoms with van der Waals surface area (Å²) in [7, 11) is 0. The molecule has 5 heteroatoms. The van der Waals surface area contributed by atoms with Crippen LogP contribution in [0.5, 0.6) is 11.5 Å². The van der Waals surface area contributed by atoms with Crippen LogP contribution in [0.25, 0.3) is 0 Å². The Morgan fingerprint density at radius 2 is 0.882 bits per heavy atom. The summed E-state index contributed by atoms with van der Waals surface area (Å²) in [6, 6.07) is 16.7. The molecular formula is C12H12BaCdO2Zn. The average Bonchev–Trinajstić information content (AvgIpc) is 2.21. The fourth-order valence-electron chi connectivity index (χ4n) is 0.841. The van der Waals surface area contributed by atoms with Gasteiger partial charge in [-0.15, -0.1) is 11.5 Å². The van der Waals surface area contributed by atoms with Gasteiger partial charge in [0.05, 0.1) is 0 Å². The van der Waals surface area contributed by atoms with Gasteiger partial charge in [0.15, 0.2) is 0 Å². The van der Waals surface area contributed by atoms with Gasteiger partial charge < -0.3 is 13.1 Å². The fraction of sp³-hybridized carbons (Fsp3) is 0.